The van der Waals surface area contributed by atoms with E-state index in [-0.39, 0.29) is 0 Å². The van der Waals surface area contributed by atoms with Gasteiger partial charge in [0.25, 0.3) is 0 Å². The molecule has 1 heterocycles. The lowest BCUT2D eigenvalue weighted by Gasteiger charge is -2.13. The van der Waals surface area contributed by atoms with Crippen molar-refractivity contribution in [3.05, 3.63) is 46.8 Å². The minimum atomic E-state index is 0.540. The zero-order valence-electron chi connectivity index (χ0n) is 13.2. The smallest absolute Gasteiger partial charge is 0.0707 e. The molecule has 0 bridgehead atoms. The standard InChI is InChI=1S/C17H25N3/c1-6-14(4)18-10-16-11-19-20(15(16)5)17-12(2)8-7-9-13(17)3/h7-9,11,14,18H,6,10H2,1-5H3. The summed E-state index contributed by atoms with van der Waals surface area (Å²) in [5.74, 6) is 0. The molecule has 2 aromatic rings. The number of hydrogen-bond donors (Lipinski definition) is 1. The van der Waals surface area contributed by atoms with E-state index in [4.69, 9.17) is 0 Å². The Bertz CT molecular complexity index is 564. The Labute approximate surface area is 122 Å². The van der Waals surface area contributed by atoms with Crippen molar-refractivity contribution in [1.82, 2.24) is 15.1 Å². The van der Waals surface area contributed by atoms with Crippen LogP contribution in [0.5, 0.6) is 0 Å². The van der Waals surface area contributed by atoms with E-state index in [1.807, 2.05) is 6.20 Å². The predicted octanol–water partition coefficient (Wildman–Crippen LogP) is 3.69. The molecule has 0 aliphatic heterocycles. The quantitative estimate of drug-likeness (QED) is 0.899. The highest BCUT2D eigenvalue weighted by Gasteiger charge is 2.12. The Hall–Kier alpha value is -1.61. The summed E-state index contributed by atoms with van der Waals surface area (Å²) in [6.45, 7) is 11.7. The van der Waals surface area contributed by atoms with Gasteiger partial charge in [0.15, 0.2) is 0 Å². The van der Waals surface area contributed by atoms with Gasteiger partial charge >= 0.3 is 0 Å². The fraction of sp³-hybridized carbons (Fsp3) is 0.471. The van der Waals surface area contributed by atoms with Crippen LogP contribution in [0.25, 0.3) is 5.69 Å². The van der Waals surface area contributed by atoms with Crippen LogP contribution < -0.4 is 5.32 Å². The van der Waals surface area contributed by atoms with Crippen LogP contribution in [-0.2, 0) is 6.54 Å². The van der Waals surface area contributed by atoms with Gasteiger partial charge in [-0.1, -0.05) is 25.1 Å². The number of nitrogens with one attached hydrogen (secondary N) is 1. The van der Waals surface area contributed by atoms with Crippen LogP contribution in [0.1, 0.15) is 42.7 Å². The summed E-state index contributed by atoms with van der Waals surface area (Å²) in [7, 11) is 0. The summed E-state index contributed by atoms with van der Waals surface area (Å²) in [6, 6.07) is 6.91. The molecule has 0 spiro atoms. The molecule has 1 atom stereocenters. The van der Waals surface area contributed by atoms with Crippen LogP contribution in [0, 0.1) is 20.8 Å². The highest BCUT2D eigenvalue weighted by molar-refractivity contribution is 5.47. The third-order valence-electron chi connectivity index (χ3n) is 4.02. The summed E-state index contributed by atoms with van der Waals surface area (Å²) in [4.78, 5) is 0. The van der Waals surface area contributed by atoms with Crippen LogP contribution in [0.2, 0.25) is 0 Å². The molecule has 2 rings (SSSR count). The first kappa shape index (κ1) is 14.8. The summed E-state index contributed by atoms with van der Waals surface area (Å²) in [6.07, 6.45) is 3.13. The van der Waals surface area contributed by atoms with Gasteiger partial charge in [0.2, 0.25) is 0 Å². The van der Waals surface area contributed by atoms with Crippen molar-refractivity contribution in [1.29, 1.82) is 0 Å². The second-order valence-electron chi connectivity index (χ2n) is 5.60. The molecule has 1 aromatic heterocycles. The van der Waals surface area contributed by atoms with E-state index < -0.39 is 0 Å². The molecule has 1 unspecified atom stereocenters. The highest BCUT2D eigenvalue weighted by Crippen LogP contribution is 2.21. The first-order valence-corrected chi connectivity index (χ1v) is 7.38. The van der Waals surface area contributed by atoms with Gasteiger partial charge in [-0.3, -0.25) is 0 Å². The molecule has 0 amide bonds. The second-order valence-corrected chi connectivity index (χ2v) is 5.60. The molecule has 0 aliphatic carbocycles. The third kappa shape index (κ3) is 2.93. The Morgan fingerprint density at radius 1 is 1.20 bits per heavy atom. The third-order valence-corrected chi connectivity index (χ3v) is 4.02. The minimum Gasteiger partial charge on any atom is -0.310 e. The lowest BCUT2D eigenvalue weighted by atomic mass is 10.1. The molecule has 0 saturated heterocycles. The Morgan fingerprint density at radius 3 is 2.45 bits per heavy atom. The van der Waals surface area contributed by atoms with E-state index in [0.717, 1.165) is 13.0 Å². The molecule has 20 heavy (non-hydrogen) atoms. The molecule has 1 aromatic carbocycles. The van der Waals surface area contributed by atoms with Crippen LogP contribution in [0.3, 0.4) is 0 Å². The lowest BCUT2D eigenvalue weighted by molar-refractivity contribution is 0.533. The monoisotopic (exact) mass is 271 g/mol. The highest BCUT2D eigenvalue weighted by atomic mass is 15.3. The lowest BCUT2D eigenvalue weighted by Crippen LogP contribution is -2.24. The van der Waals surface area contributed by atoms with Crippen molar-refractivity contribution in [2.45, 2.75) is 53.6 Å². The predicted molar refractivity (Wildman–Crippen MR) is 84.4 cm³/mol. The summed E-state index contributed by atoms with van der Waals surface area (Å²) in [5, 5.41) is 8.12. The SMILES string of the molecule is CCC(C)NCc1cnn(-c2c(C)cccc2C)c1C. The van der Waals surface area contributed by atoms with Crippen molar-refractivity contribution < 1.29 is 0 Å². The zero-order valence-corrected chi connectivity index (χ0v) is 13.2. The number of hydrogen-bond acceptors (Lipinski definition) is 2. The largest absolute Gasteiger partial charge is 0.310 e. The fourth-order valence-electron chi connectivity index (χ4n) is 2.41. The normalized spacial score (nSPS) is 12.7. The van der Waals surface area contributed by atoms with Gasteiger partial charge in [-0.25, -0.2) is 4.68 Å². The summed E-state index contributed by atoms with van der Waals surface area (Å²) in [5.41, 5.74) is 6.22. The molecule has 3 nitrogen and oxygen atoms in total. The van der Waals surface area contributed by atoms with Crippen LogP contribution in [0.15, 0.2) is 24.4 Å². The number of aromatic nitrogens is 2. The number of nitrogens with zero attached hydrogens (tertiary/aromatic N) is 2. The van der Waals surface area contributed by atoms with Gasteiger partial charge in [0, 0.05) is 23.8 Å². The van der Waals surface area contributed by atoms with Gasteiger partial charge in [0.05, 0.1) is 11.9 Å². The van der Waals surface area contributed by atoms with Gasteiger partial charge in [-0.15, -0.1) is 0 Å². The Morgan fingerprint density at radius 2 is 1.85 bits per heavy atom. The summed E-state index contributed by atoms with van der Waals surface area (Å²) >= 11 is 0. The maximum absolute atomic E-state index is 4.59. The Kier molecular flexibility index (Phi) is 4.61. The molecule has 0 aliphatic rings. The van der Waals surface area contributed by atoms with Crippen LogP contribution in [0.4, 0.5) is 0 Å². The molecular formula is C17H25N3. The topological polar surface area (TPSA) is 29.9 Å². The Balaban J connectivity index is 2.29. The average Bonchev–Trinajstić information content (AvgIpc) is 2.77. The molecule has 108 valence electrons. The van der Waals surface area contributed by atoms with E-state index in [0.29, 0.717) is 6.04 Å². The maximum Gasteiger partial charge on any atom is 0.0707 e. The molecule has 0 saturated carbocycles. The molecule has 1 N–H and O–H groups in total. The van der Waals surface area contributed by atoms with Crippen molar-refractivity contribution in [3.63, 3.8) is 0 Å². The first-order valence-electron chi connectivity index (χ1n) is 7.38. The fourth-order valence-corrected chi connectivity index (χ4v) is 2.41. The van der Waals surface area contributed by atoms with Crippen molar-refractivity contribution in [2.75, 3.05) is 0 Å². The summed E-state index contributed by atoms with van der Waals surface area (Å²) < 4.78 is 2.07. The van der Waals surface area contributed by atoms with E-state index in [2.05, 4.69) is 67.9 Å². The van der Waals surface area contributed by atoms with Crippen LogP contribution in [-0.4, -0.2) is 15.8 Å². The number of aryl methyl sites for hydroxylation is 2. The average molecular weight is 271 g/mol. The first-order chi connectivity index (χ1) is 9.54. The molecular weight excluding hydrogens is 246 g/mol. The van der Waals surface area contributed by atoms with Gasteiger partial charge in [-0.2, -0.15) is 5.10 Å². The molecule has 3 heteroatoms. The van der Waals surface area contributed by atoms with Crippen molar-refractivity contribution in [2.24, 2.45) is 0 Å². The van der Waals surface area contributed by atoms with Crippen molar-refractivity contribution >= 4 is 0 Å². The minimum absolute atomic E-state index is 0.540. The van der Waals surface area contributed by atoms with E-state index in [9.17, 15) is 0 Å². The van der Waals surface area contributed by atoms with E-state index in [1.165, 1.54) is 28.1 Å². The van der Waals surface area contributed by atoms with Crippen LogP contribution >= 0.6 is 0 Å². The maximum atomic E-state index is 4.59. The van der Waals surface area contributed by atoms with Gasteiger partial charge in [-0.05, 0) is 45.2 Å². The molecule has 0 fully saturated rings. The number of para-hydroxylation sites is 1. The van der Waals surface area contributed by atoms with E-state index in [1.54, 1.807) is 0 Å². The van der Waals surface area contributed by atoms with Gasteiger partial charge < -0.3 is 5.32 Å². The number of rotatable bonds is 5. The second kappa shape index (κ2) is 6.23. The van der Waals surface area contributed by atoms with Crippen molar-refractivity contribution in [3.8, 4) is 5.69 Å². The zero-order chi connectivity index (χ0) is 14.7. The van der Waals surface area contributed by atoms with E-state index >= 15 is 0 Å². The van der Waals surface area contributed by atoms with Gasteiger partial charge in [0.1, 0.15) is 0 Å². The number of benzene rings is 1. The molecule has 0 radical (unpaired) electrons.